The predicted octanol–water partition coefficient (Wildman–Crippen LogP) is 2.99. The highest BCUT2D eigenvalue weighted by atomic mass is 19.1. The number of hydrogen-bond donors (Lipinski definition) is 1. The summed E-state index contributed by atoms with van der Waals surface area (Å²) >= 11 is 0. The molecule has 0 fully saturated rings. The molecule has 0 unspecified atom stereocenters. The molecule has 0 amide bonds. The van der Waals surface area contributed by atoms with Crippen molar-refractivity contribution in [1.29, 1.82) is 0 Å². The first kappa shape index (κ1) is 13.5. The minimum atomic E-state index is -1.05. The number of fused-ring (bicyclic) bond motifs is 1. The zero-order valence-corrected chi connectivity index (χ0v) is 11.4. The Bertz CT molecular complexity index is 719. The molecule has 108 valence electrons. The Morgan fingerprint density at radius 3 is 2.90 bits per heavy atom. The van der Waals surface area contributed by atoms with Crippen molar-refractivity contribution in [1.82, 2.24) is 9.55 Å². The van der Waals surface area contributed by atoms with Gasteiger partial charge in [0.05, 0.1) is 17.7 Å². The summed E-state index contributed by atoms with van der Waals surface area (Å²) in [5.41, 5.74) is 3.40. The van der Waals surface area contributed by atoms with Crippen LogP contribution in [-0.2, 0) is 17.6 Å². The van der Waals surface area contributed by atoms with Gasteiger partial charge >= 0.3 is 5.97 Å². The average Bonchev–Trinajstić information content (AvgIpc) is 2.88. The van der Waals surface area contributed by atoms with Crippen LogP contribution in [0.25, 0.3) is 11.8 Å². The molecular formula is C16H15FN2O2. The Hall–Kier alpha value is -2.43. The number of carboxylic acid groups (broad SMARTS) is 1. The fraction of sp³-hybridized carbons (Fsp3) is 0.250. The molecule has 1 aromatic carbocycles. The molecule has 4 nitrogen and oxygen atoms in total. The van der Waals surface area contributed by atoms with Gasteiger partial charge in [-0.3, -0.25) is 0 Å². The Morgan fingerprint density at radius 2 is 2.10 bits per heavy atom. The zero-order chi connectivity index (χ0) is 14.8. The lowest BCUT2D eigenvalue weighted by atomic mass is 10.0. The van der Waals surface area contributed by atoms with E-state index in [2.05, 4.69) is 4.98 Å². The van der Waals surface area contributed by atoms with E-state index >= 15 is 0 Å². The van der Waals surface area contributed by atoms with Gasteiger partial charge in [-0.2, -0.15) is 0 Å². The van der Waals surface area contributed by atoms with E-state index in [1.165, 1.54) is 18.2 Å². The predicted molar refractivity (Wildman–Crippen MR) is 76.8 cm³/mol. The van der Waals surface area contributed by atoms with Crippen LogP contribution in [-0.4, -0.2) is 20.6 Å². The maximum absolute atomic E-state index is 13.8. The smallest absolute Gasteiger partial charge is 0.328 e. The molecule has 1 heterocycles. The monoisotopic (exact) mass is 286 g/mol. The molecule has 3 rings (SSSR count). The number of hydrogen-bond acceptors (Lipinski definition) is 2. The molecule has 1 aromatic heterocycles. The van der Waals surface area contributed by atoms with E-state index < -0.39 is 11.8 Å². The number of imidazole rings is 1. The summed E-state index contributed by atoms with van der Waals surface area (Å²) < 4.78 is 15.7. The molecule has 0 saturated carbocycles. The van der Waals surface area contributed by atoms with Crippen molar-refractivity contribution < 1.29 is 14.3 Å². The van der Waals surface area contributed by atoms with Crippen molar-refractivity contribution in [3.63, 3.8) is 0 Å². The van der Waals surface area contributed by atoms with Crippen LogP contribution in [0, 0.1) is 5.82 Å². The fourth-order valence-corrected chi connectivity index (χ4v) is 2.69. The number of aryl methyl sites for hydroxylation is 1. The summed E-state index contributed by atoms with van der Waals surface area (Å²) in [7, 11) is 0. The molecule has 5 heteroatoms. The van der Waals surface area contributed by atoms with Crippen molar-refractivity contribution in [2.45, 2.75) is 25.7 Å². The van der Waals surface area contributed by atoms with E-state index in [1.807, 2.05) is 4.57 Å². The summed E-state index contributed by atoms with van der Waals surface area (Å²) in [5.74, 6) is -1.45. The minimum Gasteiger partial charge on any atom is -0.478 e. The second-order valence-electron chi connectivity index (χ2n) is 5.13. The van der Waals surface area contributed by atoms with E-state index in [-0.39, 0.29) is 0 Å². The van der Waals surface area contributed by atoms with Crippen LogP contribution in [0.3, 0.4) is 0 Å². The first-order valence-electron chi connectivity index (χ1n) is 6.90. The second kappa shape index (κ2) is 5.52. The highest BCUT2D eigenvalue weighted by molar-refractivity contribution is 5.85. The lowest BCUT2D eigenvalue weighted by Gasteiger charge is -2.14. The second-order valence-corrected chi connectivity index (χ2v) is 5.13. The van der Waals surface area contributed by atoms with Crippen LogP contribution in [0.1, 0.15) is 29.8 Å². The summed E-state index contributed by atoms with van der Waals surface area (Å²) in [6.07, 6.45) is 8.25. The van der Waals surface area contributed by atoms with Crippen molar-refractivity contribution in [3.8, 4) is 5.69 Å². The number of carboxylic acids is 1. The largest absolute Gasteiger partial charge is 0.478 e. The van der Waals surface area contributed by atoms with Gasteiger partial charge in [0, 0.05) is 11.8 Å². The van der Waals surface area contributed by atoms with E-state index in [1.54, 1.807) is 12.4 Å². The van der Waals surface area contributed by atoms with Gasteiger partial charge in [0.15, 0.2) is 0 Å². The molecule has 0 atom stereocenters. The SMILES string of the molecule is O=C(O)/C=C/c1cc(F)cc(-n2cnc3c2CCCC3)c1. The van der Waals surface area contributed by atoms with E-state index in [4.69, 9.17) is 5.11 Å². The van der Waals surface area contributed by atoms with Gasteiger partial charge in [-0.25, -0.2) is 14.2 Å². The minimum absolute atomic E-state index is 0.393. The third-order valence-electron chi connectivity index (χ3n) is 3.63. The molecule has 0 bridgehead atoms. The van der Waals surface area contributed by atoms with Crippen LogP contribution in [0.2, 0.25) is 0 Å². The standard InChI is InChI=1S/C16H15FN2O2/c17-12-7-11(5-6-16(20)21)8-13(9-12)19-10-18-14-3-1-2-4-15(14)19/h5-10H,1-4H2,(H,20,21)/b6-5+. The van der Waals surface area contributed by atoms with E-state index in [9.17, 15) is 9.18 Å². The Morgan fingerprint density at radius 1 is 1.29 bits per heavy atom. The molecule has 1 aliphatic carbocycles. The number of rotatable bonds is 3. The van der Waals surface area contributed by atoms with Gasteiger partial charge < -0.3 is 9.67 Å². The number of halogens is 1. The zero-order valence-electron chi connectivity index (χ0n) is 11.4. The van der Waals surface area contributed by atoms with E-state index in [0.29, 0.717) is 11.3 Å². The maximum atomic E-state index is 13.8. The third kappa shape index (κ3) is 2.86. The molecule has 1 N–H and O–H groups in total. The van der Waals surface area contributed by atoms with Gasteiger partial charge in [0.2, 0.25) is 0 Å². The van der Waals surface area contributed by atoms with Crippen molar-refractivity contribution in [2.75, 3.05) is 0 Å². The first-order valence-corrected chi connectivity index (χ1v) is 6.90. The summed E-state index contributed by atoms with van der Waals surface area (Å²) in [6, 6.07) is 4.51. The van der Waals surface area contributed by atoms with Gasteiger partial charge in [-0.15, -0.1) is 0 Å². The molecule has 0 radical (unpaired) electrons. The van der Waals surface area contributed by atoms with Gasteiger partial charge in [0.25, 0.3) is 0 Å². The summed E-state index contributed by atoms with van der Waals surface area (Å²) in [5, 5.41) is 8.66. The van der Waals surface area contributed by atoms with Crippen molar-refractivity contribution in [2.24, 2.45) is 0 Å². The van der Waals surface area contributed by atoms with Crippen molar-refractivity contribution >= 4 is 12.0 Å². The molecule has 0 spiro atoms. The lowest BCUT2D eigenvalue weighted by Crippen LogP contribution is -2.07. The van der Waals surface area contributed by atoms with Crippen LogP contribution >= 0.6 is 0 Å². The number of benzene rings is 1. The maximum Gasteiger partial charge on any atom is 0.328 e. The highest BCUT2D eigenvalue weighted by Crippen LogP contribution is 2.24. The molecule has 2 aromatic rings. The fourth-order valence-electron chi connectivity index (χ4n) is 2.69. The lowest BCUT2D eigenvalue weighted by molar-refractivity contribution is -0.131. The topological polar surface area (TPSA) is 55.1 Å². The van der Waals surface area contributed by atoms with Gasteiger partial charge in [0.1, 0.15) is 5.82 Å². The molecule has 0 aliphatic heterocycles. The Kier molecular flexibility index (Phi) is 3.56. The summed E-state index contributed by atoms with van der Waals surface area (Å²) in [6.45, 7) is 0. The third-order valence-corrected chi connectivity index (χ3v) is 3.63. The quantitative estimate of drug-likeness (QED) is 0.882. The Balaban J connectivity index is 2.02. The number of aromatic nitrogens is 2. The van der Waals surface area contributed by atoms with Gasteiger partial charge in [-0.05, 0) is 55.5 Å². The number of nitrogens with zero attached hydrogens (tertiary/aromatic N) is 2. The number of carbonyl (C=O) groups is 1. The van der Waals surface area contributed by atoms with Gasteiger partial charge in [-0.1, -0.05) is 0 Å². The molecule has 0 saturated heterocycles. The highest BCUT2D eigenvalue weighted by Gasteiger charge is 2.16. The summed E-state index contributed by atoms with van der Waals surface area (Å²) in [4.78, 5) is 15.0. The van der Waals surface area contributed by atoms with E-state index in [0.717, 1.165) is 43.1 Å². The van der Waals surface area contributed by atoms with Crippen LogP contribution < -0.4 is 0 Å². The Labute approximate surface area is 121 Å². The molecule has 1 aliphatic rings. The average molecular weight is 286 g/mol. The first-order chi connectivity index (χ1) is 10.1. The molecular weight excluding hydrogens is 271 g/mol. The number of aliphatic carboxylic acids is 1. The van der Waals surface area contributed by atoms with Crippen LogP contribution in [0.15, 0.2) is 30.6 Å². The van der Waals surface area contributed by atoms with Crippen LogP contribution in [0.5, 0.6) is 0 Å². The normalized spacial score (nSPS) is 14.3. The van der Waals surface area contributed by atoms with Crippen LogP contribution in [0.4, 0.5) is 4.39 Å². The molecule has 21 heavy (non-hydrogen) atoms. The van der Waals surface area contributed by atoms with Crippen molar-refractivity contribution in [3.05, 3.63) is 53.4 Å².